The highest BCUT2D eigenvalue weighted by atomic mass is 32.2. The van der Waals surface area contributed by atoms with Crippen LogP contribution in [0.4, 0.5) is 5.69 Å². The number of hydrogen-bond acceptors (Lipinski definition) is 4. The van der Waals surface area contributed by atoms with Crippen LogP contribution in [0.25, 0.3) is 0 Å². The molecule has 0 aliphatic rings. The van der Waals surface area contributed by atoms with Crippen LogP contribution in [-0.4, -0.2) is 38.2 Å². The van der Waals surface area contributed by atoms with Gasteiger partial charge in [0.05, 0.1) is 11.8 Å². The molecule has 0 aliphatic carbocycles. The molecule has 0 heterocycles. The zero-order chi connectivity index (χ0) is 19.3. The van der Waals surface area contributed by atoms with Crippen LogP contribution in [0.15, 0.2) is 24.3 Å². The standard InChI is InChI=1S/C18H31N3O3S/c1-13(2)25(23,24)20-11-14(3)15-7-9-16(10-8-15)21-17(22)12-19-18(4,5)6/h7-10,13-14,19-20H,11-12H2,1-6H3,(H,21,22). The molecule has 1 aromatic carbocycles. The molecule has 0 fully saturated rings. The Morgan fingerprint density at radius 2 is 1.64 bits per heavy atom. The Morgan fingerprint density at radius 3 is 2.12 bits per heavy atom. The molecule has 3 N–H and O–H groups in total. The van der Waals surface area contributed by atoms with Crippen molar-refractivity contribution in [2.45, 2.75) is 58.2 Å². The highest BCUT2D eigenvalue weighted by Gasteiger charge is 2.17. The lowest BCUT2D eigenvalue weighted by molar-refractivity contribution is -0.115. The van der Waals surface area contributed by atoms with Crippen LogP contribution >= 0.6 is 0 Å². The summed E-state index contributed by atoms with van der Waals surface area (Å²) in [5, 5.41) is 5.53. The molecule has 0 spiro atoms. The van der Waals surface area contributed by atoms with Gasteiger partial charge in [-0.15, -0.1) is 0 Å². The predicted octanol–water partition coefficient (Wildman–Crippen LogP) is 2.44. The maximum absolute atomic E-state index is 11.9. The van der Waals surface area contributed by atoms with Gasteiger partial charge < -0.3 is 10.6 Å². The van der Waals surface area contributed by atoms with Crippen LogP contribution in [0.1, 0.15) is 53.0 Å². The van der Waals surface area contributed by atoms with Gasteiger partial charge in [0.15, 0.2) is 0 Å². The lowest BCUT2D eigenvalue weighted by Crippen LogP contribution is -2.41. The SMILES string of the molecule is CC(CNS(=O)(=O)C(C)C)c1ccc(NC(=O)CNC(C)(C)C)cc1. The highest BCUT2D eigenvalue weighted by Crippen LogP contribution is 2.18. The maximum Gasteiger partial charge on any atom is 0.238 e. The highest BCUT2D eigenvalue weighted by molar-refractivity contribution is 7.90. The Balaban J connectivity index is 2.56. The minimum Gasteiger partial charge on any atom is -0.325 e. The van der Waals surface area contributed by atoms with Gasteiger partial charge in [-0.2, -0.15) is 0 Å². The molecule has 0 aromatic heterocycles. The number of anilines is 1. The van der Waals surface area contributed by atoms with Gasteiger partial charge in [-0.25, -0.2) is 13.1 Å². The minimum atomic E-state index is -3.26. The fraction of sp³-hybridized carbons (Fsp3) is 0.611. The summed E-state index contributed by atoms with van der Waals surface area (Å²) >= 11 is 0. The molecule has 1 aromatic rings. The van der Waals surface area contributed by atoms with Gasteiger partial charge in [0.25, 0.3) is 0 Å². The molecule has 0 aliphatic heterocycles. The van der Waals surface area contributed by atoms with E-state index in [4.69, 9.17) is 0 Å². The smallest absolute Gasteiger partial charge is 0.238 e. The number of amides is 1. The molecule has 0 bridgehead atoms. The molecule has 1 atom stereocenters. The lowest BCUT2D eigenvalue weighted by Gasteiger charge is -2.20. The minimum absolute atomic E-state index is 0.0424. The van der Waals surface area contributed by atoms with Gasteiger partial charge in [-0.05, 0) is 58.2 Å². The van der Waals surface area contributed by atoms with Crippen molar-refractivity contribution < 1.29 is 13.2 Å². The van der Waals surface area contributed by atoms with Crippen molar-refractivity contribution in [2.75, 3.05) is 18.4 Å². The van der Waals surface area contributed by atoms with Crippen LogP contribution in [0.3, 0.4) is 0 Å². The Bertz CT molecular complexity index is 662. The fourth-order valence-electron chi connectivity index (χ4n) is 1.97. The van der Waals surface area contributed by atoms with E-state index in [9.17, 15) is 13.2 Å². The van der Waals surface area contributed by atoms with Crippen LogP contribution in [-0.2, 0) is 14.8 Å². The van der Waals surface area contributed by atoms with Gasteiger partial charge in [0, 0.05) is 17.8 Å². The number of carbonyl (C=O) groups excluding carboxylic acids is 1. The first-order valence-corrected chi connectivity index (χ1v) is 10.1. The van der Waals surface area contributed by atoms with E-state index >= 15 is 0 Å². The second kappa shape index (κ2) is 8.78. The summed E-state index contributed by atoms with van der Waals surface area (Å²) in [5.74, 6) is -0.0544. The first-order valence-electron chi connectivity index (χ1n) is 8.54. The van der Waals surface area contributed by atoms with E-state index in [0.717, 1.165) is 11.3 Å². The van der Waals surface area contributed by atoms with Crippen molar-refractivity contribution in [1.82, 2.24) is 10.0 Å². The predicted molar refractivity (Wildman–Crippen MR) is 103 cm³/mol. The van der Waals surface area contributed by atoms with Gasteiger partial charge in [-0.1, -0.05) is 19.1 Å². The summed E-state index contributed by atoms with van der Waals surface area (Å²) in [6.45, 7) is 11.9. The Labute approximate surface area is 151 Å². The van der Waals surface area contributed by atoms with Crippen molar-refractivity contribution in [3.8, 4) is 0 Å². The maximum atomic E-state index is 11.9. The molecule has 0 saturated carbocycles. The van der Waals surface area contributed by atoms with Crippen molar-refractivity contribution >= 4 is 21.6 Å². The second-order valence-electron chi connectivity index (χ2n) is 7.62. The van der Waals surface area contributed by atoms with Crippen molar-refractivity contribution in [3.05, 3.63) is 29.8 Å². The third-order valence-corrected chi connectivity index (χ3v) is 5.56. The Hall–Kier alpha value is -1.44. The van der Waals surface area contributed by atoms with Gasteiger partial charge in [-0.3, -0.25) is 4.79 Å². The van der Waals surface area contributed by atoms with Crippen molar-refractivity contribution in [3.63, 3.8) is 0 Å². The summed E-state index contributed by atoms with van der Waals surface area (Å²) in [6.07, 6.45) is 0. The summed E-state index contributed by atoms with van der Waals surface area (Å²) < 4.78 is 26.2. The van der Waals surface area contributed by atoms with E-state index in [1.165, 1.54) is 0 Å². The molecular formula is C18H31N3O3S. The summed E-state index contributed by atoms with van der Waals surface area (Å²) in [4.78, 5) is 11.9. The number of sulfonamides is 1. The van der Waals surface area contributed by atoms with Crippen LogP contribution in [0, 0.1) is 0 Å². The quantitative estimate of drug-likeness (QED) is 0.657. The lowest BCUT2D eigenvalue weighted by atomic mass is 10.0. The molecule has 1 amide bonds. The largest absolute Gasteiger partial charge is 0.325 e. The van der Waals surface area contributed by atoms with Crippen molar-refractivity contribution in [1.29, 1.82) is 0 Å². The van der Waals surface area contributed by atoms with Crippen LogP contribution in [0.5, 0.6) is 0 Å². The average Bonchev–Trinajstić information content (AvgIpc) is 2.50. The Kier molecular flexibility index (Phi) is 7.59. The molecule has 1 unspecified atom stereocenters. The van der Waals surface area contributed by atoms with Gasteiger partial charge in [0.2, 0.25) is 15.9 Å². The zero-order valence-corrected chi connectivity index (χ0v) is 16.8. The molecule has 7 heteroatoms. The normalized spacial score (nSPS) is 13.7. The van der Waals surface area contributed by atoms with Crippen LogP contribution in [0.2, 0.25) is 0 Å². The van der Waals surface area contributed by atoms with Gasteiger partial charge >= 0.3 is 0 Å². The number of benzene rings is 1. The molecule has 0 saturated heterocycles. The van der Waals surface area contributed by atoms with E-state index < -0.39 is 15.3 Å². The molecule has 25 heavy (non-hydrogen) atoms. The van der Waals surface area contributed by atoms with E-state index in [-0.39, 0.29) is 23.9 Å². The van der Waals surface area contributed by atoms with E-state index in [1.807, 2.05) is 52.0 Å². The Morgan fingerprint density at radius 1 is 1.08 bits per heavy atom. The fourth-order valence-corrected chi connectivity index (χ4v) is 2.79. The third-order valence-electron chi connectivity index (χ3n) is 3.75. The third kappa shape index (κ3) is 7.98. The molecule has 0 radical (unpaired) electrons. The molecular weight excluding hydrogens is 338 g/mol. The average molecular weight is 370 g/mol. The second-order valence-corrected chi connectivity index (χ2v) is 9.94. The van der Waals surface area contributed by atoms with Crippen LogP contribution < -0.4 is 15.4 Å². The van der Waals surface area contributed by atoms with E-state index in [1.54, 1.807) is 13.8 Å². The number of rotatable bonds is 8. The first-order chi connectivity index (χ1) is 11.4. The van der Waals surface area contributed by atoms with Gasteiger partial charge in [0.1, 0.15) is 0 Å². The summed E-state index contributed by atoms with van der Waals surface area (Å²) in [5.41, 5.74) is 1.62. The number of carbonyl (C=O) groups is 1. The summed E-state index contributed by atoms with van der Waals surface area (Å²) in [7, 11) is -3.26. The molecule has 6 nitrogen and oxygen atoms in total. The van der Waals surface area contributed by atoms with Crippen molar-refractivity contribution in [2.24, 2.45) is 0 Å². The zero-order valence-electron chi connectivity index (χ0n) is 16.0. The van der Waals surface area contributed by atoms with E-state index in [2.05, 4.69) is 15.4 Å². The van der Waals surface area contributed by atoms with E-state index in [0.29, 0.717) is 6.54 Å². The first kappa shape index (κ1) is 21.6. The molecule has 142 valence electrons. The molecule has 1 rings (SSSR count). The number of hydrogen-bond donors (Lipinski definition) is 3. The summed E-state index contributed by atoms with van der Waals surface area (Å²) in [6, 6.07) is 7.47. The topological polar surface area (TPSA) is 87.3 Å². The monoisotopic (exact) mass is 369 g/mol. The number of nitrogens with one attached hydrogen (secondary N) is 3.